The van der Waals surface area contributed by atoms with Crippen molar-refractivity contribution < 1.29 is 5.11 Å². The normalized spacial score (nSPS) is 17.1. The van der Waals surface area contributed by atoms with Gasteiger partial charge in [-0.1, -0.05) is 19.1 Å². The number of benzene rings is 1. The summed E-state index contributed by atoms with van der Waals surface area (Å²) >= 11 is 0. The predicted octanol–water partition coefficient (Wildman–Crippen LogP) is 2.00. The van der Waals surface area contributed by atoms with Crippen LogP contribution < -0.4 is 10.2 Å². The highest BCUT2D eigenvalue weighted by molar-refractivity contribution is 5.47. The molecule has 2 rings (SSSR count). The molecule has 3 nitrogen and oxygen atoms in total. The zero-order valence-electron chi connectivity index (χ0n) is 11.2. The first-order chi connectivity index (χ1) is 8.83. The van der Waals surface area contributed by atoms with Crippen LogP contribution in [0.4, 0.5) is 5.69 Å². The van der Waals surface area contributed by atoms with Gasteiger partial charge in [-0.05, 0) is 43.0 Å². The highest BCUT2D eigenvalue weighted by atomic mass is 16.3. The number of aliphatic hydroxyl groups excluding tert-OH is 1. The maximum Gasteiger partial charge on any atom is 0.0460 e. The van der Waals surface area contributed by atoms with Gasteiger partial charge in [-0.15, -0.1) is 0 Å². The minimum Gasteiger partial charge on any atom is -0.396 e. The van der Waals surface area contributed by atoms with Gasteiger partial charge in [0.25, 0.3) is 0 Å². The van der Waals surface area contributed by atoms with Crippen molar-refractivity contribution in [2.75, 3.05) is 31.1 Å². The van der Waals surface area contributed by atoms with Gasteiger partial charge < -0.3 is 15.3 Å². The van der Waals surface area contributed by atoms with Gasteiger partial charge in [0, 0.05) is 31.9 Å². The second-order valence-electron chi connectivity index (χ2n) is 5.06. The van der Waals surface area contributed by atoms with Gasteiger partial charge in [0.2, 0.25) is 0 Å². The first kappa shape index (κ1) is 13.4. The van der Waals surface area contributed by atoms with Crippen LogP contribution in [0.5, 0.6) is 0 Å². The zero-order chi connectivity index (χ0) is 12.8. The smallest absolute Gasteiger partial charge is 0.0460 e. The summed E-state index contributed by atoms with van der Waals surface area (Å²) in [5.74, 6) is 0.509. The molecule has 1 aliphatic rings. The van der Waals surface area contributed by atoms with E-state index in [4.69, 9.17) is 5.11 Å². The lowest BCUT2D eigenvalue weighted by Crippen LogP contribution is -2.34. The molecule has 1 fully saturated rings. The third-order valence-corrected chi connectivity index (χ3v) is 3.75. The number of hydrogen-bond acceptors (Lipinski definition) is 3. The molecule has 0 amide bonds. The molecular weight excluding hydrogens is 224 g/mol. The fourth-order valence-corrected chi connectivity index (χ4v) is 2.47. The van der Waals surface area contributed by atoms with Crippen molar-refractivity contribution in [2.45, 2.75) is 26.3 Å². The SMILES string of the molecule is CCNCc1ccc(N2CCC(CO)CC2)cc1. The first-order valence-electron chi connectivity index (χ1n) is 6.99. The number of nitrogens with zero attached hydrogens (tertiary/aromatic N) is 1. The van der Waals surface area contributed by atoms with E-state index >= 15 is 0 Å². The van der Waals surface area contributed by atoms with E-state index in [0.717, 1.165) is 39.0 Å². The molecule has 1 aromatic carbocycles. The van der Waals surface area contributed by atoms with Crippen LogP contribution in [0, 0.1) is 5.92 Å². The number of anilines is 1. The topological polar surface area (TPSA) is 35.5 Å². The number of hydrogen-bond donors (Lipinski definition) is 2. The number of piperidine rings is 1. The molecule has 100 valence electrons. The van der Waals surface area contributed by atoms with Crippen LogP contribution in [0.3, 0.4) is 0 Å². The standard InChI is InChI=1S/C15H24N2O/c1-2-16-11-13-3-5-15(6-4-13)17-9-7-14(12-18)8-10-17/h3-6,14,16,18H,2,7-12H2,1H3. The Morgan fingerprint density at radius 1 is 1.22 bits per heavy atom. The Balaban J connectivity index is 1.89. The van der Waals surface area contributed by atoms with Gasteiger partial charge in [0.1, 0.15) is 0 Å². The Labute approximate surface area is 110 Å². The highest BCUT2D eigenvalue weighted by Crippen LogP contribution is 2.23. The summed E-state index contributed by atoms with van der Waals surface area (Å²) < 4.78 is 0. The van der Waals surface area contributed by atoms with Crippen LogP contribution in [0.25, 0.3) is 0 Å². The van der Waals surface area contributed by atoms with E-state index in [1.165, 1.54) is 11.3 Å². The van der Waals surface area contributed by atoms with Crippen LogP contribution in [0.15, 0.2) is 24.3 Å². The highest BCUT2D eigenvalue weighted by Gasteiger charge is 2.18. The monoisotopic (exact) mass is 248 g/mol. The molecule has 3 heteroatoms. The molecule has 0 spiro atoms. The summed E-state index contributed by atoms with van der Waals surface area (Å²) in [5.41, 5.74) is 2.65. The summed E-state index contributed by atoms with van der Waals surface area (Å²) in [7, 11) is 0. The number of nitrogens with one attached hydrogen (secondary N) is 1. The first-order valence-corrected chi connectivity index (χ1v) is 6.99. The molecule has 0 bridgehead atoms. The largest absolute Gasteiger partial charge is 0.396 e. The maximum atomic E-state index is 9.14. The summed E-state index contributed by atoms with van der Waals surface area (Å²) in [6.45, 7) is 6.56. The molecule has 0 unspecified atom stereocenters. The van der Waals surface area contributed by atoms with Crippen LogP contribution in [-0.2, 0) is 6.54 Å². The molecule has 0 aromatic heterocycles. The summed E-state index contributed by atoms with van der Waals surface area (Å²) in [5, 5.41) is 12.5. The van der Waals surface area contributed by atoms with E-state index in [0.29, 0.717) is 12.5 Å². The zero-order valence-corrected chi connectivity index (χ0v) is 11.2. The van der Waals surface area contributed by atoms with Crippen LogP contribution >= 0.6 is 0 Å². The minimum atomic E-state index is 0.343. The van der Waals surface area contributed by atoms with Gasteiger partial charge in [-0.25, -0.2) is 0 Å². The van der Waals surface area contributed by atoms with Gasteiger partial charge in [0.15, 0.2) is 0 Å². The quantitative estimate of drug-likeness (QED) is 0.836. The van der Waals surface area contributed by atoms with Gasteiger partial charge >= 0.3 is 0 Å². The van der Waals surface area contributed by atoms with Crippen molar-refractivity contribution >= 4 is 5.69 Å². The second kappa shape index (κ2) is 6.76. The lowest BCUT2D eigenvalue weighted by Gasteiger charge is -2.33. The fourth-order valence-electron chi connectivity index (χ4n) is 2.47. The molecule has 0 radical (unpaired) electrons. The van der Waals surface area contributed by atoms with Crippen LogP contribution in [0.2, 0.25) is 0 Å². The fraction of sp³-hybridized carbons (Fsp3) is 0.600. The van der Waals surface area contributed by atoms with Crippen LogP contribution in [-0.4, -0.2) is 31.3 Å². The molecule has 1 heterocycles. The third-order valence-electron chi connectivity index (χ3n) is 3.75. The Bertz CT molecular complexity index is 342. The number of aliphatic hydroxyl groups is 1. The Morgan fingerprint density at radius 2 is 1.89 bits per heavy atom. The second-order valence-corrected chi connectivity index (χ2v) is 5.06. The van der Waals surface area contributed by atoms with Crippen molar-refractivity contribution in [1.82, 2.24) is 5.32 Å². The summed E-state index contributed by atoms with van der Waals surface area (Å²) in [6, 6.07) is 8.84. The Kier molecular flexibility index (Phi) is 5.02. The van der Waals surface area contributed by atoms with E-state index < -0.39 is 0 Å². The Hall–Kier alpha value is -1.06. The Morgan fingerprint density at radius 3 is 2.44 bits per heavy atom. The molecular formula is C15H24N2O. The molecule has 0 atom stereocenters. The van der Waals surface area contributed by atoms with Gasteiger partial charge in [0.05, 0.1) is 0 Å². The average Bonchev–Trinajstić information content (AvgIpc) is 2.46. The molecule has 0 saturated carbocycles. The molecule has 0 aliphatic carbocycles. The number of rotatable bonds is 5. The molecule has 1 aliphatic heterocycles. The lowest BCUT2D eigenvalue weighted by molar-refractivity contribution is 0.203. The van der Waals surface area contributed by atoms with E-state index in [1.807, 2.05) is 0 Å². The van der Waals surface area contributed by atoms with Crippen molar-refractivity contribution in [1.29, 1.82) is 0 Å². The summed E-state index contributed by atoms with van der Waals surface area (Å²) in [4.78, 5) is 2.42. The third kappa shape index (κ3) is 3.47. The van der Waals surface area contributed by atoms with Crippen LogP contribution in [0.1, 0.15) is 25.3 Å². The minimum absolute atomic E-state index is 0.343. The van der Waals surface area contributed by atoms with Crippen molar-refractivity contribution in [3.63, 3.8) is 0 Å². The van der Waals surface area contributed by atoms with E-state index in [-0.39, 0.29) is 0 Å². The van der Waals surface area contributed by atoms with E-state index in [2.05, 4.69) is 41.4 Å². The van der Waals surface area contributed by atoms with Gasteiger partial charge in [-0.3, -0.25) is 0 Å². The lowest BCUT2D eigenvalue weighted by atomic mass is 9.97. The molecule has 1 saturated heterocycles. The van der Waals surface area contributed by atoms with E-state index in [9.17, 15) is 0 Å². The average molecular weight is 248 g/mol. The van der Waals surface area contributed by atoms with Crippen molar-refractivity contribution in [3.8, 4) is 0 Å². The van der Waals surface area contributed by atoms with Gasteiger partial charge in [-0.2, -0.15) is 0 Å². The molecule has 2 N–H and O–H groups in total. The summed E-state index contributed by atoms with van der Waals surface area (Å²) in [6.07, 6.45) is 2.21. The molecule has 18 heavy (non-hydrogen) atoms. The molecule has 1 aromatic rings. The maximum absolute atomic E-state index is 9.14. The predicted molar refractivity (Wildman–Crippen MR) is 75.8 cm³/mol. The van der Waals surface area contributed by atoms with Crippen molar-refractivity contribution in [2.24, 2.45) is 5.92 Å². The van der Waals surface area contributed by atoms with Crippen molar-refractivity contribution in [3.05, 3.63) is 29.8 Å². The van der Waals surface area contributed by atoms with E-state index in [1.54, 1.807) is 0 Å².